The van der Waals surface area contributed by atoms with E-state index >= 15 is 0 Å². The summed E-state index contributed by atoms with van der Waals surface area (Å²) in [7, 11) is -8.08. The number of ether oxygens (including phenoxy) is 1. The van der Waals surface area contributed by atoms with Crippen LogP contribution in [0.5, 0.6) is 5.75 Å². The van der Waals surface area contributed by atoms with E-state index in [1.807, 2.05) is 72.8 Å². The second-order valence-corrected chi connectivity index (χ2v) is 26.8. The van der Waals surface area contributed by atoms with Gasteiger partial charge >= 0.3 is 0 Å². The maximum atomic E-state index is 11.6. The van der Waals surface area contributed by atoms with Crippen molar-refractivity contribution in [1.29, 1.82) is 0 Å². The number of benzene rings is 6. The lowest BCUT2D eigenvalue weighted by Crippen LogP contribution is -2.26. The van der Waals surface area contributed by atoms with Gasteiger partial charge in [0.1, 0.15) is 11.3 Å². The third kappa shape index (κ3) is 14.7. The Bertz CT molecular complexity index is 4020. The van der Waals surface area contributed by atoms with Gasteiger partial charge in [0.15, 0.2) is 5.75 Å². The molecule has 2 aliphatic heterocycles. The van der Waals surface area contributed by atoms with Crippen LogP contribution in [0.15, 0.2) is 172 Å². The summed E-state index contributed by atoms with van der Waals surface area (Å²) in [4.78, 5) is 10.4. The van der Waals surface area contributed by atoms with Crippen LogP contribution in [0.4, 0.5) is 11.4 Å². The Morgan fingerprint density at radius 3 is 2.12 bits per heavy atom. The standard InChI is InChI=1S/C34H33NO5S.C25H27Cl2NO3S3.C5H5N/c1-3-23(20-33-35(4-2)34-27-14-8-7-11-24(27)16-17-30(34)40-33)19-31-28(15-9-10-18-41(36,37)38)29-21-25-12-5-6-13-26(25)22-32(29)39-31;1-15(2)4-7-19-20-12-17(26)5-8-22(20)32-24(19)14-25-28(11-10-16(3)34(29,30)31)21-13-18(27)6-9-23(21)33-25;1-2-4-6-5-3-1/h5-8,11-14,16-17,19-22H,3-4,9-10,15,18H2,1-2H3,(H,36,37,38);5-6,8-9,12-16H,4,7,10-11H2,1-3H3,(H,29,30,31);1-5H/b23-19+,33-20-;;. The number of aromatic nitrogens is 1. The third-order valence-electron chi connectivity index (χ3n) is 14.3. The summed E-state index contributed by atoms with van der Waals surface area (Å²) in [6.45, 7) is 11.4. The number of hydrogen-bond donors (Lipinski definition) is 2. The highest BCUT2D eigenvalue weighted by Gasteiger charge is 2.30. The molecule has 0 amide bonds. The summed E-state index contributed by atoms with van der Waals surface area (Å²) in [5.74, 6) is 2.73. The fourth-order valence-electron chi connectivity index (χ4n) is 9.93. The maximum absolute atomic E-state index is 11.6. The van der Waals surface area contributed by atoms with Gasteiger partial charge in [-0.05, 0) is 176 Å². The molecule has 0 spiro atoms. The van der Waals surface area contributed by atoms with E-state index in [9.17, 15) is 25.9 Å². The summed E-state index contributed by atoms with van der Waals surface area (Å²) in [6.07, 6.45) is 14.6. The predicted molar refractivity (Wildman–Crippen MR) is 340 cm³/mol. The van der Waals surface area contributed by atoms with Gasteiger partial charge in [-0.1, -0.05) is 116 Å². The van der Waals surface area contributed by atoms with Crippen LogP contribution in [0.1, 0.15) is 88.5 Å². The van der Waals surface area contributed by atoms with Crippen molar-refractivity contribution in [2.45, 2.75) is 89.7 Å². The van der Waals surface area contributed by atoms with Crippen molar-refractivity contribution in [2.75, 3.05) is 28.6 Å². The molecule has 0 saturated carbocycles. The summed E-state index contributed by atoms with van der Waals surface area (Å²) in [5, 5.41) is 8.30. The molecule has 9 aromatic rings. The number of pyridine rings is 1. The first-order valence-corrected chi connectivity index (χ1v) is 32.6. The minimum Gasteiger partial charge on any atom is -0.456 e. The molecular formula is C64H65Cl2N3O8S4. The van der Waals surface area contributed by atoms with E-state index < -0.39 is 25.5 Å². The molecule has 6 aromatic carbocycles. The van der Waals surface area contributed by atoms with E-state index in [0.717, 1.165) is 108 Å². The van der Waals surface area contributed by atoms with E-state index in [-0.39, 0.29) is 5.75 Å². The van der Waals surface area contributed by atoms with Crippen LogP contribution < -0.4 is 14.5 Å². The Balaban J connectivity index is 0.000000180. The van der Waals surface area contributed by atoms with Crippen LogP contribution in [-0.4, -0.2) is 55.0 Å². The van der Waals surface area contributed by atoms with Crippen LogP contribution in [0.3, 0.4) is 0 Å². The number of allylic oxidation sites excluding steroid dienone is 2. The molecule has 0 saturated heterocycles. The number of thiophene rings is 1. The third-order valence-corrected chi connectivity index (χ3v) is 19.1. The van der Waals surface area contributed by atoms with Crippen molar-refractivity contribution >= 4 is 133 Å². The van der Waals surface area contributed by atoms with Gasteiger partial charge < -0.3 is 19.0 Å². The van der Waals surface area contributed by atoms with E-state index in [4.69, 9.17) is 32.4 Å². The minimum absolute atomic E-state index is 0.247. The minimum atomic E-state index is -4.09. The van der Waals surface area contributed by atoms with Crippen molar-refractivity contribution in [3.05, 3.63) is 194 Å². The van der Waals surface area contributed by atoms with Gasteiger partial charge in [0.25, 0.3) is 20.2 Å². The molecule has 1 atom stereocenters. The average molecular weight is 1200 g/mol. The highest BCUT2D eigenvalue weighted by Crippen LogP contribution is 2.49. The van der Waals surface area contributed by atoms with E-state index in [1.165, 1.54) is 32.8 Å². The largest absolute Gasteiger partial charge is 0.456 e. The van der Waals surface area contributed by atoms with Crippen LogP contribution in [0.25, 0.3) is 54.8 Å². The molecule has 1 unspecified atom stereocenters. The zero-order valence-electron chi connectivity index (χ0n) is 45.8. The molecule has 3 aromatic heterocycles. The van der Waals surface area contributed by atoms with Gasteiger partial charge in [-0.15, -0.1) is 11.3 Å². The monoisotopic (exact) mass is 1200 g/mol. The lowest BCUT2D eigenvalue weighted by Gasteiger charge is -2.22. The number of thioether (sulfide) groups is 1. The molecule has 11 nitrogen and oxygen atoms in total. The second-order valence-electron chi connectivity index (χ2n) is 20.4. The zero-order chi connectivity index (χ0) is 57.4. The Hall–Kier alpha value is -6.14. The van der Waals surface area contributed by atoms with E-state index in [2.05, 4.69) is 115 Å². The topological polar surface area (TPSA) is 150 Å². The summed E-state index contributed by atoms with van der Waals surface area (Å²) in [5.41, 5.74) is 6.23. The molecule has 2 aliphatic rings. The number of nitrogens with zero attached hydrogens (tertiary/aromatic N) is 3. The number of anilines is 2. The first-order chi connectivity index (χ1) is 38.9. The Kier molecular flexibility index (Phi) is 19.4. The molecule has 2 N–H and O–H groups in total. The Labute approximate surface area is 493 Å². The number of unbranched alkanes of at least 4 members (excludes halogenated alkanes) is 1. The highest BCUT2D eigenvalue weighted by atomic mass is 35.5. The Morgan fingerprint density at radius 2 is 1.44 bits per heavy atom. The quantitative estimate of drug-likeness (QED) is 0.0660. The molecule has 17 heteroatoms. The molecular weight excluding hydrogens is 1140 g/mol. The molecule has 11 rings (SSSR count). The smallest absolute Gasteiger partial charge is 0.267 e. The first kappa shape index (κ1) is 59.5. The number of furan rings is 1. The average Bonchev–Trinajstić information content (AvgIpc) is 4.27. The van der Waals surface area contributed by atoms with Crippen LogP contribution >= 0.6 is 46.3 Å². The van der Waals surface area contributed by atoms with Gasteiger partial charge in [0.05, 0.1) is 27.4 Å². The number of hydrogen-bond acceptors (Lipinski definition) is 11. The normalized spacial score (nSPS) is 14.9. The molecule has 0 bridgehead atoms. The van der Waals surface area contributed by atoms with Gasteiger partial charge in [-0.2, -0.15) is 16.8 Å². The number of halogens is 2. The molecule has 0 fully saturated rings. The van der Waals surface area contributed by atoms with E-state index in [1.54, 1.807) is 35.5 Å². The van der Waals surface area contributed by atoms with Crippen molar-refractivity contribution in [1.82, 2.24) is 4.98 Å². The van der Waals surface area contributed by atoms with Crippen LogP contribution in [0, 0.1) is 5.92 Å². The molecule has 5 heterocycles. The van der Waals surface area contributed by atoms with Crippen molar-refractivity contribution < 1.29 is 35.1 Å². The summed E-state index contributed by atoms with van der Waals surface area (Å²) >= 11 is 16.0. The van der Waals surface area contributed by atoms with Gasteiger partial charge in [-0.3, -0.25) is 14.1 Å². The predicted octanol–water partition coefficient (Wildman–Crippen LogP) is 18.0. The van der Waals surface area contributed by atoms with Gasteiger partial charge in [-0.25, -0.2) is 0 Å². The van der Waals surface area contributed by atoms with E-state index in [0.29, 0.717) is 43.2 Å². The number of aryl methyl sites for hydroxylation is 2. The zero-order valence-corrected chi connectivity index (χ0v) is 50.6. The fraction of sp³-hybridized carbons (Fsp3) is 0.266. The molecule has 0 radical (unpaired) electrons. The van der Waals surface area contributed by atoms with Crippen LogP contribution in [0.2, 0.25) is 10.0 Å². The SMILES string of the molecule is CC(C)CCc1c(C=C2Sc3ccc(Cl)cc3N2CCC(C)S(=O)(=O)O)sc2ccc(Cl)cc12.CCC(/C=C1\Oc2ccc3ccccc3c2N1CC)=C\c1oc2cc3ccccc3cc2c1CCCCS(=O)(=O)O.c1ccncc1. The first-order valence-electron chi connectivity index (χ1n) is 27.1. The van der Waals surface area contributed by atoms with Gasteiger partial charge in [0.2, 0.25) is 5.88 Å². The summed E-state index contributed by atoms with van der Waals surface area (Å²) in [6, 6.07) is 42.4. The van der Waals surface area contributed by atoms with Gasteiger partial charge in [0, 0.05) is 72.4 Å². The lowest BCUT2D eigenvalue weighted by molar-refractivity contribution is 0.439. The molecule has 422 valence electrons. The van der Waals surface area contributed by atoms with Crippen molar-refractivity contribution in [3.63, 3.8) is 0 Å². The lowest BCUT2D eigenvalue weighted by atomic mass is 10.00. The fourth-order valence-corrected chi connectivity index (χ4v) is 13.6. The number of rotatable bonds is 17. The number of fused-ring (bicyclic) bond motifs is 7. The summed E-state index contributed by atoms with van der Waals surface area (Å²) < 4.78 is 78.4. The molecule has 81 heavy (non-hydrogen) atoms. The second kappa shape index (κ2) is 26.4. The Morgan fingerprint density at radius 1 is 0.728 bits per heavy atom. The van der Waals surface area contributed by atoms with Crippen molar-refractivity contribution in [3.8, 4) is 5.75 Å². The van der Waals surface area contributed by atoms with Crippen LogP contribution in [-0.2, 0) is 33.1 Å². The van der Waals surface area contributed by atoms with Crippen molar-refractivity contribution in [2.24, 2.45) is 5.92 Å². The maximum Gasteiger partial charge on any atom is 0.267 e. The molecule has 0 aliphatic carbocycles. The highest BCUT2D eigenvalue weighted by molar-refractivity contribution is 8.04.